The highest BCUT2D eigenvalue weighted by atomic mass is 15.1. The first kappa shape index (κ1) is 5.92. The molecule has 1 unspecified atom stereocenters. The largest absolute Gasteiger partial charge is 0.323 e. The molecule has 0 fully saturated rings. The van der Waals surface area contributed by atoms with Crippen molar-refractivity contribution in [3.63, 3.8) is 0 Å². The molecular formula is C7H11N3. The minimum Gasteiger partial charge on any atom is -0.323 e. The van der Waals surface area contributed by atoms with Crippen LogP contribution < -0.4 is 5.73 Å². The van der Waals surface area contributed by atoms with Crippen molar-refractivity contribution in [3.8, 4) is 0 Å². The molecule has 54 valence electrons. The lowest BCUT2D eigenvalue weighted by molar-refractivity contribution is 0.683. The highest BCUT2D eigenvalue weighted by Gasteiger charge is 2.23. The van der Waals surface area contributed by atoms with Gasteiger partial charge < -0.3 is 5.73 Å². The fourth-order valence-electron chi connectivity index (χ4n) is 1.53. The summed E-state index contributed by atoms with van der Waals surface area (Å²) >= 11 is 0. The van der Waals surface area contributed by atoms with Crippen LogP contribution in [0.25, 0.3) is 0 Å². The molecular weight excluding hydrogens is 126 g/mol. The predicted octanol–water partition coefficient (Wildman–Crippen LogP) is 0.664. The molecule has 0 radical (unpaired) electrons. The molecule has 0 aliphatic heterocycles. The van der Waals surface area contributed by atoms with E-state index in [1.54, 1.807) is 0 Å². The number of hydrogen-bond acceptors (Lipinski definition) is 2. The van der Waals surface area contributed by atoms with E-state index in [1.165, 1.54) is 11.3 Å². The number of rotatable bonds is 0. The van der Waals surface area contributed by atoms with E-state index in [0.29, 0.717) is 0 Å². The summed E-state index contributed by atoms with van der Waals surface area (Å²) in [6.45, 7) is 2.05. The minimum absolute atomic E-state index is 0.181. The van der Waals surface area contributed by atoms with Crippen LogP contribution in [0.2, 0.25) is 0 Å². The standard InChI is InChI=1S/C7H11N3/c1-4-5-2-3-6(8)7(5)10-9-4/h6H,2-3,8H2,1H3,(H,9,10). The maximum Gasteiger partial charge on any atom is 0.0824 e. The zero-order chi connectivity index (χ0) is 7.14. The Morgan fingerprint density at radius 1 is 1.70 bits per heavy atom. The van der Waals surface area contributed by atoms with Crippen molar-refractivity contribution in [3.05, 3.63) is 17.0 Å². The second-order valence-corrected chi connectivity index (χ2v) is 2.86. The van der Waals surface area contributed by atoms with Crippen LogP contribution in [0.15, 0.2) is 0 Å². The first-order valence-corrected chi connectivity index (χ1v) is 3.58. The van der Waals surface area contributed by atoms with Crippen LogP contribution in [-0.4, -0.2) is 10.2 Å². The maximum absolute atomic E-state index is 5.78. The second-order valence-electron chi connectivity index (χ2n) is 2.86. The molecule has 0 saturated heterocycles. The summed E-state index contributed by atoms with van der Waals surface area (Å²) in [6.07, 6.45) is 2.16. The van der Waals surface area contributed by atoms with Gasteiger partial charge in [0.25, 0.3) is 0 Å². The van der Waals surface area contributed by atoms with Gasteiger partial charge in [-0.05, 0) is 25.3 Å². The van der Waals surface area contributed by atoms with E-state index < -0.39 is 0 Å². The Hall–Kier alpha value is -0.830. The fourth-order valence-corrected chi connectivity index (χ4v) is 1.53. The number of nitrogens with zero attached hydrogens (tertiary/aromatic N) is 1. The number of nitrogens with two attached hydrogens (primary N) is 1. The van der Waals surface area contributed by atoms with Gasteiger partial charge in [0.2, 0.25) is 0 Å². The van der Waals surface area contributed by atoms with E-state index in [-0.39, 0.29) is 6.04 Å². The van der Waals surface area contributed by atoms with Gasteiger partial charge in [-0.3, -0.25) is 5.10 Å². The third kappa shape index (κ3) is 0.609. The van der Waals surface area contributed by atoms with E-state index in [2.05, 4.69) is 10.2 Å². The van der Waals surface area contributed by atoms with Crippen molar-refractivity contribution >= 4 is 0 Å². The average Bonchev–Trinajstić information content (AvgIpc) is 2.41. The molecule has 3 nitrogen and oxygen atoms in total. The van der Waals surface area contributed by atoms with E-state index in [1.807, 2.05) is 6.92 Å². The molecule has 2 rings (SSSR count). The number of fused-ring (bicyclic) bond motifs is 1. The molecule has 0 spiro atoms. The molecule has 1 atom stereocenters. The van der Waals surface area contributed by atoms with E-state index in [4.69, 9.17) is 5.73 Å². The number of nitrogens with one attached hydrogen (secondary N) is 1. The van der Waals surface area contributed by atoms with Crippen molar-refractivity contribution in [2.24, 2.45) is 5.73 Å². The molecule has 0 saturated carbocycles. The van der Waals surface area contributed by atoms with Gasteiger partial charge in [-0.2, -0.15) is 5.10 Å². The first-order valence-electron chi connectivity index (χ1n) is 3.58. The molecule has 1 aromatic heterocycles. The van der Waals surface area contributed by atoms with Gasteiger partial charge in [0.15, 0.2) is 0 Å². The number of aromatic amines is 1. The molecule has 10 heavy (non-hydrogen) atoms. The highest BCUT2D eigenvalue weighted by molar-refractivity contribution is 5.31. The normalized spacial score (nSPS) is 23.2. The van der Waals surface area contributed by atoms with Crippen LogP contribution in [0.5, 0.6) is 0 Å². The van der Waals surface area contributed by atoms with Gasteiger partial charge in [-0.15, -0.1) is 0 Å². The Balaban J connectivity index is 2.53. The van der Waals surface area contributed by atoms with Gasteiger partial charge in [0, 0.05) is 11.7 Å². The van der Waals surface area contributed by atoms with Gasteiger partial charge in [0.05, 0.1) is 5.69 Å². The Morgan fingerprint density at radius 2 is 2.50 bits per heavy atom. The van der Waals surface area contributed by atoms with Gasteiger partial charge in [-0.1, -0.05) is 0 Å². The third-order valence-corrected chi connectivity index (χ3v) is 2.16. The Labute approximate surface area is 59.6 Å². The van der Waals surface area contributed by atoms with Crippen LogP contribution in [0.3, 0.4) is 0 Å². The lowest BCUT2D eigenvalue weighted by Crippen LogP contribution is -2.05. The maximum atomic E-state index is 5.78. The zero-order valence-electron chi connectivity index (χ0n) is 6.02. The Kier molecular flexibility index (Phi) is 1.08. The first-order chi connectivity index (χ1) is 4.79. The zero-order valence-corrected chi connectivity index (χ0v) is 6.02. The van der Waals surface area contributed by atoms with Crippen LogP contribution in [0.4, 0.5) is 0 Å². The van der Waals surface area contributed by atoms with Crippen molar-refractivity contribution < 1.29 is 0 Å². The van der Waals surface area contributed by atoms with Crippen LogP contribution in [0, 0.1) is 6.92 Å². The molecule has 1 aliphatic rings. The smallest absolute Gasteiger partial charge is 0.0824 e. The molecule has 0 amide bonds. The number of H-pyrrole nitrogens is 1. The summed E-state index contributed by atoms with van der Waals surface area (Å²) in [5.41, 5.74) is 9.38. The molecule has 0 aromatic carbocycles. The number of aryl methyl sites for hydroxylation is 1. The SMILES string of the molecule is Cc1[nH]nc2c1CCC2N. The van der Waals surface area contributed by atoms with E-state index in [9.17, 15) is 0 Å². The van der Waals surface area contributed by atoms with Gasteiger partial charge in [0.1, 0.15) is 0 Å². The molecule has 3 heteroatoms. The predicted molar refractivity (Wildman–Crippen MR) is 38.6 cm³/mol. The van der Waals surface area contributed by atoms with Crippen molar-refractivity contribution in [1.82, 2.24) is 10.2 Å². The lowest BCUT2D eigenvalue weighted by atomic mass is 10.2. The van der Waals surface area contributed by atoms with Gasteiger partial charge in [-0.25, -0.2) is 0 Å². The monoisotopic (exact) mass is 137 g/mol. The minimum atomic E-state index is 0.181. The Morgan fingerprint density at radius 3 is 3.20 bits per heavy atom. The van der Waals surface area contributed by atoms with Crippen LogP contribution >= 0.6 is 0 Å². The molecule has 3 N–H and O–H groups in total. The van der Waals surface area contributed by atoms with Crippen LogP contribution in [0.1, 0.15) is 29.4 Å². The average molecular weight is 137 g/mol. The molecule has 1 aromatic rings. The number of hydrogen-bond donors (Lipinski definition) is 2. The summed E-state index contributed by atoms with van der Waals surface area (Å²) in [5.74, 6) is 0. The molecule has 1 aliphatic carbocycles. The summed E-state index contributed by atoms with van der Waals surface area (Å²) in [7, 11) is 0. The Bertz CT molecular complexity index is 251. The summed E-state index contributed by atoms with van der Waals surface area (Å²) in [6, 6.07) is 0.181. The quantitative estimate of drug-likeness (QED) is 0.552. The van der Waals surface area contributed by atoms with Crippen molar-refractivity contribution in [1.29, 1.82) is 0 Å². The highest BCUT2D eigenvalue weighted by Crippen LogP contribution is 2.28. The van der Waals surface area contributed by atoms with E-state index >= 15 is 0 Å². The van der Waals surface area contributed by atoms with Gasteiger partial charge >= 0.3 is 0 Å². The topological polar surface area (TPSA) is 54.7 Å². The third-order valence-electron chi connectivity index (χ3n) is 2.16. The number of aromatic nitrogens is 2. The molecule has 1 heterocycles. The van der Waals surface area contributed by atoms with Crippen LogP contribution in [-0.2, 0) is 6.42 Å². The summed E-state index contributed by atoms with van der Waals surface area (Å²) in [4.78, 5) is 0. The molecule has 0 bridgehead atoms. The van der Waals surface area contributed by atoms with Crippen molar-refractivity contribution in [2.45, 2.75) is 25.8 Å². The van der Waals surface area contributed by atoms with E-state index in [0.717, 1.165) is 18.5 Å². The lowest BCUT2D eigenvalue weighted by Gasteiger charge is -1.95. The fraction of sp³-hybridized carbons (Fsp3) is 0.571. The summed E-state index contributed by atoms with van der Waals surface area (Å²) in [5, 5.41) is 7.07. The second kappa shape index (κ2) is 1.83. The summed E-state index contributed by atoms with van der Waals surface area (Å²) < 4.78 is 0. The van der Waals surface area contributed by atoms with Crippen molar-refractivity contribution in [2.75, 3.05) is 0 Å².